The quantitative estimate of drug-likeness (QED) is 0.868. The van der Waals surface area contributed by atoms with Crippen LogP contribution in [0, 0.1) is 0 Å². The number of carbonyl (C=O) groups is 1. The maximum atomic E-state index is 12.3. The van der Waals surface area contributed by atoms with E-state index in [4.69, 9.17) is 4.74 Å². The van der Waals surface area contributed by atoms with Crippen molar-refractivity contribution in [1.29, 1.82) is 0 Å². The molecule has 0 saturated carbocycles. The average Bonchev–Trinajstić information content (AvgIpc) is 2.53. The number of hydrogen-bond acceptors (Lipinski definition) is 2. The van der Waals surface area contributed by atoms with Crippen molar-refractivity contribution in [3.8, 4) is 5.75 Å². The molecule has 0 aliphatic heterocycles. The minimum Gasteiger partial charge on any atom is -0.481 e. The van der Waals surface area contributed by atoms with Gasteiger partial charge in [0.1, 0.15) is 5.75 Å². The van der Waals surface area contributed by atoms with Gasteiger partial charge in [0.2, 0.25) is 0 Å². The lowest BCUT2D eigenvalue weighted by atomic mass is 10.1. The molecular weight excluding hydrogens is 262 g/mol. The predicted octanol–water partition coefficient (Wildman–Crippen LogP) is 4.05. The first-order valence-corrected chi connectivity index (χ1v) is 7.34. The summed E-state index contributed by atoms with van der Waals surface area (Å²) in [5.41, 5.74) is 2.01. The highest BCUT2D eigenvalue weighted by Gasteiger charge is 2.18. The third-order valence-electron chi connectivity index (χ3n) is 3.29. The molecule has 2 aromatic rings. The van der Waals surface area contributed by atoms with Crippen LogP contribution in [-0.2, 0) is 11.2 Å². The Morgan fingerprint density at radius 2 is 1.86 bits per heavy atom. The van der Waals surface area contributed by atoms with Gasteiger partial charge in [-0.3, -0.25) is 4.79 Å². The fraction of sp³-hybridized carbons (Fsp3) is 0.278. The number of carbonyl (C=O) groups excluding carboxylic acids is 1. The van der Waals surface area contributed by atoms with Crippen LogP contribution in [0.4, 0.5) is 5.69 Å². The van der Waals surface area contributed by atoms with Crippen molar-refractivity contribution in [2.75, 3.05) is 5.32 Å². The molecule has 0 saturated heterocycles. The molecule has 110 valence electrons. The molecule has 0 aromatic heterocycles. The molecule has 2 aromatic carbocycles. The number of para-hydroxylation sites is 1. The molecule has 0 unspecified atom stereocenters. The highest BCUT2D eigenvalue weighted by molar-refractivity contribution is 5.94. The molecule has 21 heavy (non-hydrogen) atoms. The highest BCUT2D eigenvalue weighted by Crippen LogP contribution is 2.15. The lowest BCUT2D eigenvalue weighted by molar-refractivity contribution is -0.122. The second-order valence-electron chi connectivity index (χ2n) is 4.87. The van der Waals surface area contributed by atoms with E-state index in [2.05, 4.69) is 12.2 Å². The summed E-state index contributed by atoms with van der Waals surface area (Å²) in [6, 6.07) is 17.3. The van der Waals surface area contributed by atoms with Crippen molar-refractivity contribution >= 4 is 11.6 Å². The zero-order valence-corrected chi connectivity index (χ0v) is 12.5. The number of hydrogen-bond donors (Lipinski definition) is 1. The van der Waals surface area contributed by atoms with Gasteiger partial charge in [-0.1, -0.05) is 44.2 Å². The molecule has 0 heterocycles. The van der Waals surface area contributed by atoms with Gasteiger partial charge in [-0.25, -0.2) is 0 Å². The van der Waals surface area contributed by atoms with Crippen molar-refractivity contribution in [3.63, 3.8) is 0 Å². The van der Waals surface area contributed by atoms with E-state index in [0.29, 0.717) is 12.2 Å². The molecule has 0 aliphatic rings. The van der Waals surface area contributed by atoms with Crippen LogP contribution in [0.25, 0.3) is 0 Å². The molecule has 0 radical (unpaired) electrons. The van der Waals surface area contributed by atoms with Gasteiger partial charge in [0.25, 0.3) is 5.91 Å². The van der Waals surface area contributed by atoms with Crippen molar-refractivity contribution < 1.29 is 9.53 Å². The standard InChI is InChI=1S/C18H21NO2/c1-3-14-9-8-10-15(13-14)19-18(20)17(4-2)21-16-11-6-5-7-12-16/h5-13,17H,3-4H2,1-2H3,(H,19,20)/t17-/m0/s1. The second kappa shape index (κ2) is 7.48. The van der Waals surface area contributed by atoms with Crippen LogP contribution in [0.1, 0.15) is 25.8 Å². The molecule has 3 nitrogen and oxygen atoms in total. The Labute approximate surface area is 126 Å². The lowest BCUT2D eigenvalue weighted by Gasteiger charge is -2.17. The van der Waals surface area contributed by atoms with Gasteiger partial charge in [0.05, 0.1) is 0 Å². The first-order valence-electron chi connectivity index (χ1n) is 7.34. The Balaban J connectivity index is 2.02. The third-order valence-corrected chi connectivity index (χ3v) is 3.29. The van der Waals surface area contributed by atoms with Crippen molar-refractivity contribution in [1.82, 2.24) is 0 Å². The predicted molar refractivity (Wildman–Crippen MR) is 85.6 cm³/mol. The SMILES string of the molecule is CCc1cccc(NC(=O)[C@H](CC)Oc2ccccc2)c1. The molecular formula is C18H21NO2. The van der Waals surface area contributed by atoms with E-state index < -0.39 is 6.10 Å². The van der Waals surface area contributed by atoms with Crippen LogP contribution in [0.3, 0.4) is 0 Å². The van der Waals surface area contributed by atoms with Crippen molar-refractivity contribution in [3.05, 3.63) is 60.2 Å². The minimum atomic E-state index is -0.488. The summed E-state index contributed by atoms with van der Waals surface area (Å²) in [5, 5.41) is 2.92. The van der Waals surface area contributed by atoms with E-state index in [-0.39, 0.29) is 5.91 Å². The summed E-state index contributed by atoms with van der Waals surface area (Å²) in [6.45, 7) is 4.03. The Kier molecular flexibility index (Phi) is 5.38. The van der Waals surface area contributed by atoms with Gasteiger partial charge < -0.3 is 10.1 Å². The summed E-state index contributed by atoms with van der Waals surface area (Å²) >= 11 is 0. The van der Waals surface area contributed by atoms with E-state index >= 15 is 0 Å². The summed E-state index contributed by atoms with van der Waals surface area (Å²) in [6.07, 6.45) is 1.08. The largest absolute Gasteiger partial charge is 0.481 e. The zero-order valence-electron chi connectivity index (χ0n) is 12.5. The number of anilines is 1. The molecule has 0 bridgehead atoms. The number of ether oxygens (including phenoxy) is 1. The van der Waals surface area contributed by atoms with E-state index in [1.54, 1.807) is 0 Å². The van der Waals surface area contributed by atoms with Gasteiger partial charge in [0, 0.05) is 5.69 Å². The molecule has 1 N–H and O–H groups in total. The topological polar surface area (TPSA) is 38.3 Å². The van der Waals surface area contributed by atoms with Crippen LogP contribution in [0.2, 0.25) is 0 Å². The molecule has 2 rings (SSSR count). The van der Waals surface area contributed by atoms with E-state index in [1.165, 1.54) is 5.56 Å². The van der Waals surface area contributed by atoms with Crippen molar-refractivity contribution in [2.24, 2.45) is 0 Å². The lowest BCUT2D eigenvalue weighted by Crippen LogP contribution is -2.32. The monoisotopic (exact) mass is 283 g/mol. The second-order valence-corrected chi connectivity index (χ2v) is 4.87. The first-order chi connectivity index (χ1) is 10.2. The normalized spacial score (nSPS) is 11.7. The maximum absolute atomic E-state index is 12.3. The molecule has 0 fully saturated rings. The highest BCUT2D eigenvalue weighted by atomic mass is 16.5. The number of rotatable bonds is 6. The number of amides is 1. The van der Waals surface area contributed by atoms with Gasteiger partial charge in [-0.05, 0) is 42.7 Å². The molecule has 3 heteroatoms. The smallest absolute Gasteiger partial charge is 0.265 e. The van der Waals surface area contributed by atoms with E-state index in [1.807, 2.05) is 61.5 Å². The van der Waals surface area contributed by atoms with Gasteiger partial charge in [-0.2, -0.15) is 0 Å². The van der Waals surface area contributed by atoms with E-state index in [0.717, 1.165) is 12.1 Å². The van der Waals surface area contributed by atoms with Gasteiger partial charge in [0.15, 0.2) is 6.10 Å². The summed E-state index contributed by atoms with van der Waals surface area (Å²) in [7, 11) is 0. The number of aryl methyl sites for hydroxylation is 1. The third kappa shape index (κ3) is 4.35. The van der Waals surface area contributed by atoms with Crippen LogP contribution in [0.5, 0.6) is 5.75 Å². The van der Waals surface area contributed by atoms with Crippen LogP contribution in [0.15, 0.2) is 54.6 Å². The first kappa shape index (κ1) is 15.1. The average molecular weight is 283 g/mol. The van der Waals surface area contributed by atoms with Crippen LogP contribution >= 0.6 is 0 Å². The molecule has 0 spiro atoms. The summed E-state index contributed by atoms with van der Waals surface area (Å²) in [4.78, 5) is 12.3. The maximum Gasteiger partial charge on any atom is 0.265 e. The van der Waals surface area contributed by atoms with E-state index in [9.17, 15) is 4.79 Å². The van der Waals surface area contributed by atoms with Crippen molar-refractivity contribution in [2.45, 2.75) is 32.8 Å². The fourth-order valence-electron chi connectivity index (χ4n) is 2.08. The minimum absolute atomic E-state index is 0.116. The van der Waals surface area contributed by atoms with Gasteiger partial charge in [-0.15, -0.1) is 0 Å². The molecule has 1 amide bonds. The Bertz CT molecular complexity index is 581. The molecule has 0 aliphatic carbocycles. The Morgan fingerprint density at radius 1 is 1.10 bits per heavy atom. The summed E-state index contributed by atoms with van der Waals surface area (Å²) < 4.78 is 5.74. The Hall–Kier alpha value is -2.29. The number of benzene rings is 2. The number of nitrogens with one attached hydrogen (secondary N) is 1. The Morgan fingerprint density at radius 3 is 2.52 bits per heavy atom. The molecule has 1 atom stereocenters. The summed E-state index contributed by atoms with van der Waals surface area (Å²) in [5.74, 6) is 0.594. The zero-order chi connectivity index (χ0) is 15.1. The van der Waals surface area contributed by atoms with Crippen LogP contribution in [-0.4, -0.2) is 12.0 Å². The van der Waals surface area contributed by atoms with Gasteiger partial charge >= 0.3 is 0 Å². The fourth-order valence-corrected chi connectivity index (χ4v) is 2.08. The van der Waals surface area contributed by atoms with Crippen LogP contribution < -0.4 is 10.1 Å².